The molecule has 0 bridgehead atoms. The van der Waals surface area contributed by atoms with Crippen molar-refractivity contribution in [3.8, 4) is 0 Å². The third-order valence-corrected chi connectivity index (χ3v) is 1.47. The Morgan fingerprint density at radius 1 is 1.83 bits per heavy atom. The summed E-state index contributed by atoms with van der Waals surface area (Å²) < 4.78 is 12.8. The molecule has 0 saturated heterocycles. The molecule has 0 radical (unpaired) electrons. The van der Waals surface area contributed by atoms with E-state index in [-0.39, 0.29) is 0 Å². The number of rotatable bonds is 2. The molecule has 0 fully saturated rings. The van der Waals surface area contributed by atoms with Crippen LogP contribution in [-0.2, 0) is 11.4 Å². The Morgan fingerprint density at radius 2 is 2.33 bits per heavy atom. The lowest BCUT2D eigenvalue weighted by Gasteiger charge is -2.01. The average Bonchev–Trinajstić information content (AvgIpc) is 1.65. The second kappa shape index (κ2) is 3.46. The molecular weight excluding hydrogens is 98.1 g/mol. The molecule has 0 aliphatic carbocycles. The van der Waals surface area contributed by atoms with Crippen LogP contribution in [0.3, 0.4) is 0 Å². The summed E-state index contributed by atoms with van der Waals surface area (Å²) in [5.74, 6) is 0.691. The summed E-state index contributed by atoms with van der Waals surface area (Å²) in [5, 5.41) is 0. The Hall–Kier alpha value is 0.270. The van der Waals surface area contributed by atoms with Crippen molar-refractivity contribution in [3.05, 3.63) is 0 Å². The van der Waals surface area contributed by atoms with Crippen molar-refractivity contribution in [2.24, 2.45) is 0 Å². The van der Waals surface area contributed by atoms with E-state index in [0.29, 0.717) is 5.75 Å². The first-order chi connectivity index (χ1) is 2.81. The standard InChI is InChI=1S/C3H9NOS/c1-3-6(5)4-2/h4H,3H2,1-2H3. The first kappa shape index (κ1) is 6.27. The molecule has 6 heavy (non-hydrogen) atoms. The minimum absolute atomic E-state index is 0.691. The van der Waals surface area contributed by atoms with Gasteiger partial charge in [-0.3, -0.25) is 0 Å². The van der Waals surface area contributed by atoms with Crippen LogP contribution in [0.25, 0.3) is 0 Å². The number of hydrogen-bond donors (Lipinski definition) is 1. The van der Waals surface area contributed by atoms with Crippen LogP contribution in [-0.4, -0.2) is 17.4 Å². The Labute approximate surface area is 41.2 Å². The number of nitrogens with one attached hydrogen (secondary N) is 1. The summed E-state index contributed by atoms with van der Waals surface area (Å²) in [6.45, 7) is 1.87. The van der Waals surface area contributed by atoms with Crippen LogP contribution in [0.15, 0.2) is 0 Å². The van der Waals surface area contributed by atoms with Gasteiger partial charge in [0.05, 0.1) is 0 Å². The highest BCUT2D eigenvalue weighted by atomic mass is 32.2. The SMILES string of the molecule is CC[S+]([O-])NC. The third-order valence-electron chi connectivity index (χ3n) is 0.490. The van der Waals surface area contributed by atoms with Crippen molar-refractivity contribution in [2.75, 3.05) is 12.8 Å². The monoisotopic (exact) mass is 107 g/mol. The quantitative estimate of drug-likeness (QED) is 0.500. The maximum atomic E-state index is 10.2. The normalized spacial score (nSPS) is 14.5. The van der Waals surface area contributed by atoms with Crippen LogP contribution in [0.5, 0.6) is 0 Å². The van der Waals surface area contributed by atoms with Crippen molar-refractivity contribution >= 4 is 11.4 Å². The van der Waals surface area contributed by atoms with Crippen LogP contribution in [0.1, 0.15) is 6.92 Å². The molecule has 0 aliphatic rings. The van der Waals surface area contributed by atoms with Gasteiger partial charge < -0.3 is 4.55 Å². The van der Waals surface area contributed by atoms with E-state index in [1.807, 2.05) is 6.92 Å². The molecule has 1 unspecified atom stereocenters. The van der Waals surface area contributed by atoms with Crippen molar-refractivity contribution in [3.63, 3.8) is 0 Å². The van der Waals surface area contributed by atoms with Gasteiger partial charge in [-0.15, -0.1) is 4.72 Å². The predicted octanol–water partition coefficient (Wildman–Crippen LogP) is -0.111. The van der Waals surface area contributed by atoms with E-state index >= 15 is 0 Å². The van der Waals surface area contributed by atoms with Gasteiger partial charge in [0.15, 0.2) is 0 Å². The van der Waals surface area contributed by atoms with Crippen LogP contribution < -0.4 is 4.72 Å². The smallest absolute Gasteiger partial charge is 0.122 e. The van der Waals surface area contributed by atoms with Crippen molar-refractivity contribution in [1.82, 2.24) is 4.72 Å². The molecular formula is C3H9NOS. The summed E-state index contributed by atoms with van der Waals surface area (Å²) in [6.07, 6.45) is 0. The molecule has 1 atom stereocenters. The predicted molar refractivity (Wildman–Crippen MR) is 27.7 cm³/mol. The van der Waals surface area contributed by atoms with E-state index < -0.39 is 11.4 Å². The highest BCUT2D eigenvalue weighted by Gasteiger charge is 1.90. The second-order valence-electron chi connectivity index (χ2n) is 0.838. The Balaban J connectivity index is 2.75. The van der Waals surface area contributed by atoms with Gasteiger partial charge in [0, 0.05) is 18.4 Å². The third kappa shape index (κ3) is 2.50. The number of hydrogen-bond acceptors (Lipinski definition) is 2. The second-order valence-corrected chi connectivity index (χ2v) is 2.51. The Kier molecular flexibility index (Phi) is 3.62. The van der Waals surface area contributed by atoms with Gasteiger partial charge in [0.25, 0.3) is 0 Å². The zero-order valence-electron chi connectivity index (χ0n) is 4.02. The molecule has 0 saturated carbocycles. The fourth-order valence-electron chi connectivity index (χ4n) is 0.144. The minimum atomic E-state index is -0.784. The van der Waals surface area contributed by atoms with Crippen LogP contribution in [0.4, 0.5) is 0 Å². The fraction of sp³-hybridized carbons (Fsp3) is 1.00. The van der Waals surface area contributed by atoms with Crippen molar-refractivity contribution in [1.29, 1.82) is 0 Å². The molecule has 0 aromatic rings. The zero-order chi connectivity index (χ0) is 4.99. The molecule has 38 valence electrons. The maximum Gasteiger partial charge on any atom is 0.122 e. The molecule has 0 spiro atoms. The first-order valence-corrected chi connectivity index (χ1v) is 3.19. The lowest BCUT2D eigenvalue weighted by molar-refractivity contribution is 0.588. The van der Waals surface area contributed by atoms with Crippen molar-refractivity contribution < 1.29 is 4.55 Å². The van der Waals surface area contributed by atoms with Crippen LogP contribution in [0.2, 0.25) is 0 Å². The van der Waals surface area contributed by atoms with Crippen molar-refractivity contribution in [2.45, 2.75) is 6.92 Å². The van der Waals surface area contributed by atoms with E-state index in [1.165, 1.54) is 0 Å². The van der Waals surface area contributed by atoms with Gasteiger partial charge in [-0.1, -0.05) is 0 Å². The highest BCUT2D eigenvalue weighted by molar-refractivity contribution is 7.89. The highest BCUT2D eigenvalue weighted by Crippen LogP contribution is 1.75. The van der Waals surface area contributed by atoms with E-state index in [1.54, 1.807) is 7.05 Å². The van der Waals surface area contributed by atoms with Gasteiger partial charge in [0.1, 0.15) is 5.75 Å². The van der Waals surface area contributed by atoms with Gasteiger partial charge in [-0.2, -0.15) is 0 Å². The molecule has 0 aromatic heterocycles. The summed E-state index contributed by atoms with van der Waals surface area (Å²) >= 11 is -0.784. The summed E-state index contributed by atoms with van der Waals surface area (Å²) in [7, 11) is 1.68. The van der Waals surface area contributed by atoms with Crippen LogP contribution >= 0.6 is 0 Å². The van der Waals surface area contributed by atoms with E-state index in [0.717, 1.165) is 0 Å². The lowest BCUT2D eigenvalue weighted by Crippen LogP contribution is -2.19. The van der Waals surface area contributed by atoms with Gasteiger partial charge in [-0.05, 0) is 6.92 Å². The van der Waals surface area contributed by atoms with E-state index in [9.17, 15) is 4.55 Å². The lowest BCUT2D eigenvalue weighted by atomic mass is 11.0. The largest absolute Gasteiger partial charge is 0.598 e. The maximum absolute atomic E-state index is 10.2. The van der Waals surface area contributed by atoms with Crippen LogP contribution in [0, 0.1) is 0 Å². The molecule has 0 aromatic carbocycles. The van der Waals surface area contributed by atoms with Gasteiger partial charge >= 0.3 is 0 Å². The molecule has 2 nitrogen and oxygen atoms in total. The Morgan fingerprint density at radius 3 is 2.33 bits per heavy atom. The molecule has 0 aliphatic heterocycles. The zero-order valence-corrected chi connectivity index (χ0v) is 4.84. The van der Waals surface area contributed by atoms with E-state index in [4.69, 9.17) is 0 Å². The van der Waals surface area contributed by atoms with Gasteiger partial charge in [-0.25, -0.2) is 0 Å². The summed E-state index contributed by atoms with van der Waals surface area (Å²) in [6, 6.07) is 0. The molecule has 0 amide bonds. The first-order valence-electron chi connectivity index (χ1n) is 1.87. The minimum Gasteiger partial charge on any atom is -0.598 e. The van der Waals surface area contributed by atoms with E-state index in [2.05, 4.69) is 4.72 Å². The summed E-state index contributed by atoms with van der Waals surface area (Å²) in [4.78, 5) is 0. The molecule has 0 heterocycles. The summed E-state index contributed by atoms with van der Waals surface area (Å²) in [5.41, 5.74) is 0. The molecule has 1 N–H and O–H groups in total. The topological polar surface area (TPSA) is 35.1 Å². The van der Waals surface area contributed by atoms with Gasteiger partial charge in [0.2, 0.25) is 0 Å². The Bertz CT molecular complexity index is 30.0. The molecule has 0 rings (SSSR count). The average molecular weight is 107 g/mol. The fourth-order valence-corrected chi connectivity index (χ4v) is 0.433. The molecule has 3 heteroatoms.